The Balaban J connectivity index is 2.38. The molecule has 0 aliphatic heterocycles. The van der Waals surface area contributed by atoms with E-state index >= 15 is 0 Å². The van der Waals surface area contributed by atoms with E-state index in [2.05, 4.69) is 20.4 Å². The third-order valence-corrected chi connectivity index (χ3v) is 3.37. The number of carbonyl (C=O) groups excluding carboxylic acids is 1. The lowest BCUT2D eigenvalue weighted by Crippen LogP contribution is -2.23. The van der Waals surface area contributed by atoms with E-state index in [0.717, 1.165) is 5.69 Å². The normalized spacial score (nSPS) is 11.6. The molecule has 124 valence electrons. The molecule has 0 aliphatic carbocycles. The fraction of sp³-hybridized carbons (Fsp3) is 0.500. The molecule has 0 saturated carbocycles. The number of aryl methyl sites for hydroxylation is 2. The first-order valence-electron chi connectivity index (χ1n) is 7.51. The number of hydrogen-bond donors (Lipinski definition) is 2. The van der Waals surface area contributed by atoms with Crippen molar-refractivity contribution in [2.24, 2.45) is 5.41 Å². The largest absolute Gasteiger partial charge is 0.310 e. The lowest BCUT2D eigenvalue weighted by atomic mass is 9.92. The second kappa shape index (κ2) is 5.98. The first-order valence-corrected chi connectivity index (χ1v) is 7.51. The van der Waals surface area contributed by atoms with E-state index in [4.69, 9.17) is 0 Å². The lowest BCUT2D eigenvalue weighted by molar-refractivity contribution is -0.117. The van der Waals surface area contributed by atoms with Gasteiger partial charge in [0.05, 0.1) is 5.69 Å². The topological polar surface area (TPSA) is 92.7 Å². The molecule has 7 heteroatoms. The highest BCUT2D eigenvalue weighted by Gasteiger charge is 2.19. The maximum atomic E-state index is 12.2. The zero-order valence-electron chi connectivity index (χ0n) is 14.4. The average Bonchev–Trinajstić information content (AvgIpc) is 2.73. The summed E-state index contributed by atoms with van der Waals surface area (Å²) in [6.45, 7) is 11.3. The van der Waals surface area contributed by atoms with Crippen molar-refractivity contribution in [1.82, 2.24) is 19.7 Å². The summed E-state index contributed by atoms with van der Waals surface area (Å²) in [5, 5.41) is 7.15. The van der Waals surface area contributed by atoms with Gasteiger partial charge in [-0.1, -0.05) is 20.8 Å². The Morgan fingerprint density at radius 1 is 1.30 bits per heavy atom. The third kappa shape index (κ3) is 4.06. The number of carbonyl (C=O) groups is 1. The summed E-state index contributed by atoms with van der Waals surface area (Å²) >= 11 is 0. The van der Waals surface area contributed by atoms with E-state index in [1.165, 1.54) is 4.68 Å². The van der Waals surface area contributed by atoms with Crippen LogP contribution in [-0.4, -0.2) is 25.7 Å². The van der Waals surface area contributed by atoms with E-state index in [-0.39, 0.29) is 22.8 Å². The molecule has 0 aromatic carbocycles. The second-order valence-electron chi connectivity index (χ2n) is 6.97. The van der Waals surface area contributed by atoms with E-state index < -0.39 is 0 Å². The predicted molar refractivity (Wildman–Crippen MR) is 88.9 cm³/mol. The summed E-state index contributed by atoms with van der Waals surface area (Å²) in [5.41, 5.74) is 1.58. The summed E-state index contributed by atoms with van der Waals surface area (Å²) < 4.78 is 1.45. The molecule has 2 N–H and O–H groups in total. The van der Waals surface area contributed by atoms with Crippen LogP contribution < -0.4 is 10.9 Å². The second-order valence-corrected chi connectivity index (χ2v) is 6.97. The summed E-state index contributed by atoms with van der Waals surface area (Å²) in [6, 6.07) is 1.75. The van der Waals surface area contributed by atoms with E-state index in [1.807, 2.05) is 27.7 Å². The van der Waals surface area contributed by atoms with Crippen molar-refractivity contribution >= 4 is 11.7 Å². The number of hydrogen-bond acceptors (Lipinski definition) is 4. The van der Waals surface area contributed by atoms with Gasteiger partial charge in [0, 0.05) is 23.7 Å². The van der Waals surface area contributed by atoms with Crippen LogP contribution in [0.3, 0.4) is 0 Å². The van der Waals surface area contributed by atoms with Crippen molar-refractivity contribution in [3.8, 4) is 5.95 Å². The molecule has 0 atom stereocenters. The molecular weight excluding hydrogens is 294 g/mol. The lowest BCUT2D eigenvalue weighted by Gasteiger charge is -2.17. The number of rotatable bonds is 3. The molecule has 7 nitrogen and oxygen atoms in total. The summed E-state index contributed by atoms with van der Waals surface area (Å²) in [4.78, 5) is 31.1. The highest BCUT2D eigenvalue weighted by atomic mass is 16.1. The molecule has 2 heterocycles. The van der Waals surface area contributed by atoms with Gasteiger partial charge in [-0.15, -0.1) is 0 Å². The van der Waals surface area contributed by atoms with Crippen molar-refractivity contribution in [3.63, 3.8) is 0 Å². The molecule has 0 unspecified atom stereocenters. The van der Waals surface area contributed by atoms with Gasteiger partial charge in [0.2, 0.25) is 11.9 Å². The van der Waals surface area contributed by atoms with Gasteiger partial charge < -0.3 is 5.32 Å². The molecule has 2 aromatic heterocycles. The van der Waals surface area contributed by atoms with Crippen molar-refractivity contribution in [3.05, 3.63) is 33.4 Å². The summed E-state index contributed by atoms with van der Waals surface area (Å²) in [6.07, 6.45) is 0.383. The average molecular weight is 317 g/mol. The van der Waals surface area contributed by atoms with Crippen LogP contribution in [0.2, 0.25) is 0 Å². The van der Waals surface area contributed by atoms with Crippen LogP contribution in [0.1, 0.15) is 44.1 Å². The number of aromatic nitrogens is 4. The molecule has 1 amide bonds. The number of aromatic amines is 1. The minimum absolute atomic E-state index is 0.107. The maximum absolute atomic E-state index is 12.2. The molecule has 0 spiro atoms. The van der Waals surface area contributed by atoms with Crippen LogP contribution in [0.25, 0.3) is 5.95 Å². The minimum Gasteiger partial charge on any atom is -0.310 e. The number of amides is 1. The van der Waals surface area contributed by atoms with E-state index in [1.54, 1.807) is 19.9 Å². The van der Waals surface area contributed by atoms with E-state index in [9.17, 15) is 9.59 Å². The van der Waals surface area contributed by atoms with Crippen LogP contribution in [-0.2, 0) is 4.79 Å². The Bertz CT molecular complexity index is 796. The Kier molecular flexibility index (Phi) is 4.40. The third-order valence-electron chi connectivity index (χ3n) is 3.37. The zero-order valence-corrected chi connectivity index (χ0v) is 14.4. The number of anilines is 1. The van der Waals surface area contributed by atoms with Gasteiger partial charge in [-0.3, -0.25) is 14.6 Å². The Labute approximate surface area is 135 Å². The van der Waals surface area contributed by atoms with Gasteiger partial charge >= 0.3 is 0 Å². The van der Waals surface area contributed by atoms with Gasteiger partial charge in [0.1, 0.15) is 5.82 Å². The Hall–Kier alpha value is -2.44. The van der Waals surface area contributed by atoms with Crippen LogP contribution in [0.15, 0.2) is 10.9 Å². The molecule has 2 aromatic rings. The van der Waals surface area contributed by atoms with Crippen molar-refractivity contribution in [1.29, 1.82) is 0 Å². The monoisotopic (exact) mass is 317 g/mol. The highest BCUT2D eigenvalue weighted by Crippen LogP contribution is 2.20. The fourth-order valence-electron chi connectivity index (χ4n) is 2.15. The van der Waals surface area contributed by atoms with Gasteiger partial charge in [0.15, 0.2) is 0 Å². The number of nitrogens with zero attached hydrogens (tertiary/aromatic N) is 3. The minimum atomic E-state index is -0.215. The molecule has 0 fully saturated rings. The van der Waals surface area contributed by atoms with E-state index in [0.29, 0.717) is 23.5 Å². The predicted octanol–water partition coefficient (Wildman–Crippen LogP) is 2.26. The van der Waals surface area contributed by atoms with Crippen LogP contribution in [0.4, 0.5) is 5.82 Å². The zero-order chi connectivity index (χ0) is 17.4. The Morgan fingerprint density at radius 2 is 1.96 bits per heavy atom. The highest BCUT2D eigenvalue weighted by molar-refractivity contribution is 5.90. The SMILES string of the molecule is Cc1cc(NC(=O)CC(C)(C)C)n(-c2nc(C)c(C)c(=O)[nH]2)n1. The van der Waals surface area contributed by atoms with Gasteiger partial charge in [-0.2, -0.15) is 9.78 Å². The Morgan fingerprint density at radius 3 is 2.52 bits per heavy atom. The van der Waals surface area contributed by atoms with Crippen LogP contribution in [0.5, 0.6) is 0 Å². The molecule has 0 radical (unpaired) electrons. The number of H-pyrrole nitrogens is 1. The number of nitrogens with one attached hydrogen (secondary N) is 2. The first-order chi connectivity index (χ1) is 10.6. The van der Waals surface area contributed by atoms with Gasteiger partial charge in [-0.05, 0) is 26.2 Å². The van der Waals surface area contributed by atoms with Crippen LogP contribution >= 0.6 is 0 Å². The van der Waals surface area contributed by atoms with Gasteiger partial charge in [0.25, 0.3) is 5.56 Å². The fourth-order valence-corrected chi connectivity index (χ4v) is 2.15. The smallest absolute Gasteiger partial charge is 0.255 e. The molecule has 0 bridgehead atoms. The van der Waals surface area contributed by atoms with Gasteiger partial charge in [-0.25, -0.2) is 4.98 Å². The summed E-state index contributed by atoms with van der Waals surface area (Å²) in [5.74, 6) is 0.672. The molecule has 0 saturated heterocycles. The quantitative estimate of drug-likeness (QED) is 0.908. The molecular formula is C16H23N5O2. The van der Waals surface area contributed by atoms with Crippen LogP contribution in [0, 0.1) is 26.2 Å². The van der Waals surface area contributed by atoms with Crippen molar-refractivity contribution in [2.75, 3.05) is 5.32 Å². The standard InChI is InChI=1S/C16H23N5O2/c1-9-7-12(18-13(22)8-16(4,5)6)21(20-9)15-17-11(3)10(2)14(23)19-15/h7H,8H2,1-6H3,(H,18,22)(H,17,19,23). The first kappa shape index (κ1) is 16.9. The molecule has 23 heavy (non-hydrogen) atoms. The maximum Gasteiger partial charge on any atom is 0.255 e. The molecule has 2 rings (SSSR count). The molecule has 0 aliphatic rings. The summed E-state index contributed by atoms with van der Waals surface area (Å²) in [7, 11) is 0. The van der Waals surface area contributed by atoms with Crippen molar-refractivity contribution in [2.45, 2.75) is 48.0 Å². The van der Waals surface area contributed by atoms with Crippen molar-refractivity contribution < 1.29 is 4.79 Å².